The summed E-state index contributed by atoms with van der Waals surface area (Å²) in [5.41, 5.74) is 3.96. The highest BCUT2D eigenvalue weighted by Gasteiger charge is 2.20. The molecule has 0 bridgehead atoms. The highest BCUT2D eigenvalue weighted by molar-refractivity contribution is 7.92. The quantitative estimate of drug-likeness (QED) is 0.661. The fraction of sp³-hybridized carbons (Fsp3) is 0.619. The van der Waals surface area contributed by atoms with Crippen LogP contribution >= 0.6 is 11.6 Å². The monoisotopic (exact) mass is 441 g/mol. The predicted octanol–water partition coefficient (Wildman–Crippen LogP) is 4.88. The van der Waals surface area contributed by atoms with Crippen LogP contribution in [0.1, 0.15) is 70.6 Å². The molecular weight excluding hydrogens is 410 g/mol. The van der Waals surface area contributed by atoms with Crippen LogP contribution in [0.5, 0.6) is 0 Å². The molecule has 1 amide bonds. The molecule has 1 aromatic rings. The average Bonchev–Trinajstić information content (AvgIpc) is 2.66. The van der Waals surface area contributed by atoms with Crippen LogP contribution in [0.25, 0.3) is 0 Å². The maximum absolute atomic E-state index is 12.4. The molecule has 0 aromatic heterocycles. The van der Waals surface area contributed by atoms with Crippen LogP contribution in [0, 0.1) is 0 Å². The number of carbonyl (C=O) groups excluding carboxylic acids is 1. The van der Waals surface area contributed by atoms with Gasteiger partial charge in [-0.25, -0.2) is 13.8 Å². The van der Waals surface area contributed by atoms with Crippen molar-refractivity contribution < 1.29 is 13.2 Å². The van der Waals surface area contributed by atoms with Gasteiger partial charge in [-0.15, -0.1) is 0 Å². The summed E-state index contributed by atoms with van der Waals surface area (Å²) in [4.78, 5) is 12.4. The van der Waals surface area contributed by atoms with Crippen molar-refractivity contribution in [2.45, 2.75) is 70.6 Å². The molecule has 1 fully saturated rings. The van der Waals surface area contributed by atoms with Crippen molar-refractivity contribution in [3.63, 3.8) is 0 Å². The lowest BCUT2D eigenvalue weighted by atomic mass is 10.00. The Kier molecular flexibility index (Phi) is 9.94. The van der Waals surface area contributed by atoms with E-state index in [9.17, 15) is 13.2 Å². The summed E-state index contributed by atoms with van der Waals surface area (Å²) >= 11 is 5.87. The van der Waals surface area contributed by atoms with Gasteiger partial charge < -0.3 is 0 Å². The highest BCUT2D eigenvalue weighted by Crippen LogP contribution is 2.20. The molecule has 1 aromatic carbocycles. The molecule has 29 heavy (non-hydrogen) atoms. The second kappa shape index (κ2) is 12.2. The second-order valence-electron chi connectivity index (χ2n) is 7.64. The predicted molar refractivity (Wildman–Crippen MR) is 120 cm³/mol. The Morgan fingerprint density at radius 3 is 1.93 bits per heavy atom. The summed E-state index contributed by atoms with van der Waals surface area (Å²) in [7, 11) is -3.62. The first-order valence-electron chi connectivity index (χ1n) is 10.4. The molecular formula is C21H32ClN3O3S. The van der Waals surface area contributed by atoms with Crippen molar-refractivity contribution >= 4 is 38.9 Å². The van der Waals surface area contributed by atoms with E-state index >= 15 is 0 Å². The summed E-state index contributed by atoms with van der Waals surface area (Å²) < 4.78 is 25.4. The van der Waals surface area contributed by atoms with Crippen LogP contribution in [0.4, 0.5) is 5.69 Å². The van der Waals surface area contributed by atoms with E-state index in [0.29, 0.717) is 10.7 Å². The van der Waals surface area contributed by atoms with E-state index in [1.165, 1.54) is 44.9 Å². The number of halogens is 1. The lowest BCUT2D eigenvalue weighted by Crippen LogP contribution is -2.39. The zero-order valence-electron chi connectivity index (χ0n) is 17.2. The molecule has 0 aliphatic heterocycles. The smallest absolute Gasteiger partial charge is 0.260 e. The van der Waals surface area contributed by atoms with Gasteiger partial charge in [0.15, 0.2) is 0 Å². The van der Waals surface area contributed by atoms with Crippen LogP contribution in [0.2, 0.25) is 5.02 Å². The maximum atomic E-state index is 12.4. The van der Waals surface area contributed by atoms with Crippen LogP contribution in [-0.4, -0.2) is 32.8 Å². The van der Waals surface area contributed by atoms with Crippen molar-refractivity contribution in [2.75, 3.05) is 17.1 Å². The van der Waals surface area contributed by atoms with Gasteiger partial charge in [0.1, 0.15) is 6.54 Å². The van der Waals surface area contributed by atoms with Gasteiger partial charge in [-0.2, -0.15) is 5.10 Å². The highest BCUT2D eigenvalue weighted by atomic mass is 35.5. The Morgan fingerprint density at radius 1 is 0.966 bits per heavy atom. The van der Waals surface area contributed by atoms with Crippen molar-refractivity contribution in [3.8, 4) is 0 Å². The third-order valence-corrected chi connectivity index (χ3v) is 6.46. The second-order valence-corrected chi connectivity index (χ2v) is 9.98. The number of amides is 1. The lowest BCUT2D eigenvalue weighted by molar-refractivity contribution is -0.119. The first kappa shape index (κ1) is 23.7. The summed E-state index contributed by atoms with van der Waals surface area (Å²) in [5, 5.41) is 4.83. The zero-order valence-corrected chi connectivity index (χ0v) is 18.8. The standard InChI is InChI=1S/C21H32ClN3O3S/c1-29(27,28)25(20-15-13-18(22)14-16-20)17-21(26)24-23-19-11-9-7-5-3-2-4-6-8-10-12-19/h13-16H,2-12,17H2,1H3,(H,24,26). The number of sulfonamides is 1. The van der Waals surface area contributed by atoms with E-state index in [2.05, 4.69) is 10.5 Å². The molecule has 0 heterocycles. The molecule has 8 heteroatoms. The van der Waals surface area contributed by atoms with Crippen molar-refractivity contribution in [1.29, 1.82) is 0 Å². The van der Waals surface area contributed by atoms with Gasteiger partial charge in [0.25, 0.3) is 5.91 Å². The van der Waals surface area contributed by atoms with E-state index in [-0.39, 0.29) is 6.54 Å². The largest absolute Gasteiger partial charge is 0.271 e. The van der Waals surface area contributed by atoms with Crippen LogP contribution < -0.4 is 9.73 Å². The molecule has 0 spiro atoms. The van der Waals surface area contributed by atoms with Gasteiger partial charge in [0, 0.05) is 10.7 Å². The number of hydrogen-bond acceptors (Lipinski definition) is 4. The third-order valence-electron chi connectivity index (χ3n) is 5.07. The van der Waals surface area contributed by atoms with E-state index in [1.54, 1.807) is 24.3 Å². The molecule has 0 saturated heterocycles. The summed E-state index contributed by atoms with van der Waals surface area (Å²) in [6, 6.07) is 6.35. The summed E-state index contributed by atoms with van der Waals surface area (Å²) in [5.74, 6) is -0.455. The number of rotatable bonds is 5. The normalized spacial score (nSPS) is 17.0. The van der Waals surface area contributed by atoms with Gasteiger partial charge in [-0.3, -0.25) is 9.10 Å². The first-order chi connectivity index (χ1) is 13.9. The topological polar surface area (TPSA) is 78.8 Å². The SMILES string of the molecule is CS(=O)(=O)N(CC(=O)NN=C1CCCCCCCCCCC1)c1ccc(Cl)cc1. The molecule has 0 radical (unpaired) electrons. The van der Waals surface area contributed by atoms with Crippen LogP contribution in [0.3, 0.4) is 0 Å². The van der Waals surface area contributed by atoms with Crippen molar-refractivity contribution in [1.82, 2.24) is 5.43 Å². The Labute approximate surface area is 179 Å². The van der Waals surface area contributed by atoms with Gasteiger partial charge >= 0.3 is 0 Å². The molecule has 162 valence electrons. The van der Waals surface area contributed by atoms with Gasteiger partial charge in [0.05, 0.1) is 11.9 Å². The number of hydrazone groups is 1. The molecule has 2 rings (SSSR count). The fourth-order valence-corrected chi connectivity index (χ4v) is 4.43. The molecule has 0 atom stereocenters. The number of anilines is 1. The Hall–Kier alpha value is -1.60. The minimum Gasteiger partial charge on any atom is -0.271 e. The molecule has 1 N–H and O–H groups in total. The van der Waals surface area contributed by atoms with E-state index < -0.39 is 15.9 Å². The molecule has 0 unspecified atom stereocenters. The number of hydrogen-bond donors (Lipinski definition) is 1. The third kappa shape index (κ3) is 9.17. The molecule has 1 aliphatic rings. The van der Waals surface area contributed by atoms with Gasteiger partial charge in [-0.05, 0) is 49.9 Å². The zero-order chi connectivity index (χ0) is 21.1. The summed E-state index contributed by atoms with van der Waals surface area (Å²) in [6.07, 6.45) is 13.8. The minimum absolute atomic E-state index is 0.322. The van der Waals surface area contributed by atoms with E-state index in [1.807, 2.05) is 0 Å². The first-order valence-corrected chi connectivity index (χ1v) is 12.7. The van der Waals surface area contributed by atoms with Crippen molar-refractivity contribution in [3.05, 3.63) is 29.3 Å². The van der Waals surface area contributed by atoms with Crippen LogP contribution in [0.15, 0.2) is 29.4 Å². The van der Waals surface area contributed by atoms with E-state index in [0.717, 1.165) is 42.0 Å². The van der Waals surface area contributed by atoms with Gasteiger partial charge in [-0.1, -0.05) is 56.5 Å². The lowest BCUT2D eigenvalue weighted by Gasteiger charge is -2.21. The number of benzene rings is 1. The molecule has 1 aliphatic carbocycles. The Bertz CT molecular complexity index is 765. The minimum atomic E-state index is -3.62. The van der Waals surface area contributed by atoms with Gasteiger partial charge in [0.2, 0.25) is 10.0 Å². The summed E-state index contributed by atoms with van der Waals surface area (Å²) in [6.45, 7) is -0.322. The molecule has 1 saturated carbocycles. The maximum Gasteiger partial charge on any atom is 0.260 e. The van der Waals surface area contributed by atoms with Crippen molar-refractivity contribution in [2.24, 2.45) is 5.10 Å². The Morgan fingerprint density at radius 2 is 1.45 bits per heavy atom. The number of nitrogens with one attached hydrogen (secondary N) is 1. The van der Waals surface area contributed by atoms with Crippen LogP contribution in [-0.2, 0) is 14.8 Å². The Balaban J connectivity index is 1.98. The number of carbonyl (C=O) groups is 1. The number of nitrogens with zero attached hydrogens (tertiary/aromatic N) is 2. The van der Waals surface area contributed by atoms with E-state index in [4.69, 9.17) is 11.6 Å². The molecule has 6 nitrogen and oxygen atoms in total. The fourth-order valence-electron chi connectivity index (χ4n) is 3.45. The average molecular weight is 442 g/mol.